The molecule has 2 aliphatic rings. The van der Waals surface area contributed by atoms with E-state index in [1.54, 1.807) is 42.5 Å². The predicted molar refractivity (Wildman–Crippen MR) is 123 cm³/mol. The second-order valence-corrected chi connectivity index (χ2v) is 10.5. The van der Waals surface area contributed by atoms with Crippen molar-refractivity contribution >= 4 is 33.0 Å². The maximum Gasteiger partial charge on any atom is 0.274 e. The first-order valence-corrected chi connectivity index (χ1v) is 12.0. The molecular weight excluding hydrogens is 424 g/mol. The van der Waals surface area contributed by atoms with Crippen molar-refractivity contribution in [2.75, 3.05) is 15.6 Å². The first-order valence-electron chi connectivity index (χ1n) is 10.3. The van der Waals surface area contributed by atoms with Crippen LogP contribution < -0.4 is 9.80 Å². The Morgan fingerprint density at radius 3 is 2.31 bits per heavy atom. The van der Waals surface area contributed by atoms with Gasteiger partial charge in [0.05, 0.1) is 12.2 Å². The Morgan fingerprint density at radius 2 is 1.59 bits per heavy atom. The molecule has 1 spiro atoms. The number of nitrogens with zero attached hydrogens (tertiary/aromatic N) is 2. The lowest BCUT2D eigenvalue weighted by Crippen LogP contribution is -2.54. The molecule has 3 aromatic carbocycles. The van der Waals surface area contributed by atoms with Crippen molar-refractivity contribution in [1.82, 2.24) is 0 Å². The molecule has 0 bridgehead atoms. The Labute approximate surface area is 187 Å². The van der Waals surface area contributed by atoms with Gasteiger partial charge in [-0.3, -0.25) is 14.5 Å². The third-order valence-corrected chi connectivity index (χ3v) is 8.25. The van der Waals surface area contributed by atoms with Crippen LogP contribution in [0.25, 0.3) is 0 Å². The number of para-hydroxylation sites is 1. The molecule has 0 radical (unpaired) electrons. The minimum absolute atomic E-state index is 0.212. The fourth-order valence-electron chi connectivity index (χ4n) is 4.69. The summed E-state index contributed by atoms with van der Waals surface area (Å²) in [5.41, 5.74) is 4.06. The predicted octanol–water partition coefficient (Wildman–Crippen LogP) is 3.46. The Balaban J connectivity index is 1.73. The van der Waals surface area contributed by atoms with Gasteiger partial charge in [0.15, 0.2) is 9.84 Å². The Bertz CT molecular complexity index is 1360. The van der Waals surface area contributed by atoms with Gasteiger partial charge in [0.25, 0.3) is 10.8 Å². The molecule has 162 valence electrons. The van der Waals surface area contributed by atoms with Gasteiger partial charge in [0, 0.05) is 11.3 Å². The van der Waals surface area contributed by atoms with E-state index >= 15 is 0 Å². The van der Waals surface area contributed by atoms with E-state index in [1.165, 1.54) is 9.80 Å². The summed E-state index contributed by atoms with van der Waals surface area (Å²) in [5.74, 6) is -1.93. The molecule has 2 heterocycles. The summed E-state index contributed by atoms with van der Waals surface area (Å²) in [6, 6.07) is 21.6. The maximum absolute atomic E-state index is 14.0. The van der Waals surface area contributed by atoms with Crippen molar-refractivity contribution in [3.8, 4) is 0 Å². The standard InChI is InChI=1S/C25H22N2O4S/c1-17-10-12-19(13-11-17)15-26-22-9-4-3-8-21(22)25(24(26)29)27(23(28)16-32(25,30)31)20-7-5-6-18(2)14-20/h3-14H,15-16H2,1-2H3. The molecule has 6 nitrogen and oxygen atoms in total. The molecular formula is C25H22N2O4S. The van der Waals surface area contributed by atoms with Crippen molar-refractivity contribution in [3.63, 3.8) is 0 Å². The summed E-state index contributed by atoms with van der Waals surface area (Å²) in [6.07, 6.45) is 0. The van der Waals surface area contributed by atoms with E-state index in [9.17, 15) is 18.0 Å². The average Bonchev–Trinajstić information content (AvgIpc) is 3.12. The fraction of sp³-hybridized carbons (Fsp3) is 0.200. The smallest absolute Gasteiger partial charge is 0.274 e. The first kappa shape index (κ1) is 20.5. The van der Waals surface area contributed by atoms with Crippen molar-refractivity contribution in [1.29, 1.82) is 0 Å². The lowest BCUT2D eigenvalue weighted by atomic mass is 10.0. The third-order valence-electron chi connectivity index (χ3n) is 6.14. The van der Waals surface area contributed by atoms with Gasteiger partial charge in [0.1, 0.15) is 5.75 Å². The summed E-state index contributed by atoms with van der Waals surface area (Å²) in [4.78, 5) is 27.7. The summed E-state index contributed by atoms with van der Waals surface area (Å²) in [6.45, 7) is 4.05. The zero-order chi connectivity index (χ0) is 22.7. The van der Waals surface area contributed by atoms with Gasteiger partial charge >= 0.3 is 0 Å². The van der Waals surface area contributed by atoms with E-state index in [1.807, 2.05) is 44.2 Å². The summed E-state index contributed by atoms with van der Waals surface area (Å²) >= 11 is 0. The molecule has 0 aromatic heterocycles. The zero-order valence-electron chi connectivity index (χ0n) is 17.8. The normalized spacial score (nSPS) is 21.4. The van der Waals surface area contributed by atoms with Crippen molar-refractivity contribution in [2.45, 2.75) is 25.3 Å². The summed E-state index contributed by atoms with van der Waals surface area (Å²) in [7, 11) is -4.16. The first-order chi connectivity index (χ1) is 15.3. The largest absolute Gasteiger partial charge is 0.304 e. The number of rotatable bonds is 3. The Hall–Kier alpha value is -3.45. The highest BCUT2D eigenvalue weighted by Crippen LogP contribution is 2.52. The molecule has 0 aliphatic carbocycles. The number of hydrogen-bond donors (Lipinski definition) is 0. The lowest BCUT2D eigenvalue weighted by molar-refractivity contribution is -0.123. The number of fused-ring (bicyclic) bond motifs is 2. The van der Waals surface area contributed by atoms with Crippen LogP contribution in [-0.2, 0) is 30.8 Å². The van der Waals surface area contributed by atoms with E-state index < -0.39 is 32.3 Å². The lowest BCUT2D eigenvalue weighted by Gasteiger charge is -2.32. The highest BCUT2D eigenvalue weighted by molar-refractivity contribution is 7.94. The van der Waals surface area contributed by atoms with E-state index in [2.05, 4.69) is 0 Å². The minimum Gasteiger partial charge on any atom is -0.304 e. The van der Waals surface area contributed by atoms with Crippen LogP contribution in [0.4, 0.5) is 11.4 Å². The Morgan fingerprint density at radius 1 is 0.875 bits per heavy atom. The fourth-order valence-corrected chi connectivity index (χ4v) is 6.72. The molecule has 2 amide bonds. The van der Waals surface area contributed by atoms with Gasteiger partial charge in [-0.25, -0.2) is 8.42 Å². The monoisotopic (exact) mass is 446 g/mol. The van der Waals surface area contributed by atoms with Gasteiger partial charge in [-0.1, -0.05) is 60.2 Å². The highest BCUT2D eigenvalue weighted by atomic mass is 32.2. The van der Waals surface area contributed by atoms with E-state index in [4.69, 9.17) is 0 Å². The second-order valence-electron chi connectivity index (χ2n) is 8.37. The zero-order valence-corrected chi connectivity index (χ0v) is 18.6. The molecule has 7 heteroatoms. The maximum atomic E-state index is 14.0. The van der Waals surface area contributed by atoms with Crippen LogP contribution in [0.15, 0.2) is 72.8 Å². The van der Waals surface area contributed by atoms with Crippen LogP contribution in [0.2, 0.25) is 0 Å². The van der Waals surface area contributed by atoms with E-state index in [0.29, 0.717) is 16.9 Å². The van der Waals surface area contributed by atoms with Crippen molar-refractivity contribution in [3.05, 3.63) is 95.1 Å². The van der Waals surface area contributed by atoms with E-state index in [0.717, 1.165) is 16.7 Å². The minimum atomic E-state index is -4.16. The molecule has 5 rings (SSSR count). The van der Waals surface area contributed by atoms with E-state index in [-0.39, 0.29) is 6.54 Å². The number of carbonyl (C=O) groups is 2. The van der Waals surface area contributed by atoms with Crippen LogP contribution in [0.5, 0.6) is 0 Å². The molecule has 32 heavy (non-hydrogen) atoms. The van der Waals surface area contributed by atoms with Crippen molar-refractivity contribution in [2.24, 2.45) is 0 Å². The molecule has 2 aliphatic heterocycles. The number of aryl methyl sites for hydroxylation is 2. The van der Waals surface area contributed by atoms with Crippen LogP contribution in [-0.4, -0.2) is 26.0 Å². The molecule has 1 saturated heterocycles. The van der Waals surface area contributed by atoms with Crippen LogP contribution >= 0.6 is 0 Å². The SMILES string of the molecule is Cc1ccc(CN2C(=O)C3(c4ccccc42)N(c2cccc(C)c2)C(=O)CS3(=O)=O)cc1. The highest BCUT2D eigenvalue weighted by Gasteiger charge is 2.69. The summed E-state index contributed by atoms with van der Waals surface area (Å²) in [5, 5.41) is 0. The topological polar surface area (TPSA) is 74.8 Å². The number of sulfone groups is 1. The van der Waals surface area contributed by atoms with Gasteiger partial charge in [-0.15, -0.1) is 0 Å². The van der Waals surface area contributed by atoms with Crippen molar-refractivity contribution < 1.29 is 18.0 Å². The summed E-state index contributed by atoms with van der Waals surface area (Å²) < 4.78 is 27.1. The van der Waals surface area contributed by atoms with Gasteiger partial charge in [0.2, 0.25) is 5.91 Å². The van der Waals surface area contributed by atoms with Gasteiger partial charge < -0.3 is 4.90 Å². The molecule has 3 aromatic rings. The number of carbonyl (C=O) groups excluding carboxylic acids is 2. The second kappa shape index (κ2) is 7.03. The number of amides is 2. The average molecular weight is 447 g/mol. The van der Waals surface area contributed by atoms with Gasteiger partial charge in [-0.05, 0) is 43.2 Å². The third kappa shape index (κ3) is 2.74. The Kier molecular flexibility index (Phi) is 4.49. The number of hydrogen-bond acceptors (Lipinski definition) is 4. The van der Waals surface area contributed by atoms with Crippen LogP contribution in [0.3, 0.4) is 0 Å². The molecule has 0 N–H and O–H groups in total. The molecule has 1 fully saturated rings. The quantitative estimate of drug-likeness (QED) is 0.618. The molecule has 1 atom stereocenters. The van der Waals surface area contributed by atoms with Crippen LogP contribution in [0.1, 0.15) is 22.3 Å². The number of benzene rings is 3. The van der Waals surface area contributed by atoms with Crippen LogP contribution in [0, 0.1) is 13.8 Å². The molecule has 1 unspecified atom stereocenters. The van der Waals surface area contributed by atoms with Gasteiger partial charge in [-0.2, -0.15) is 0 Å². The number of anilines is 2. The molecule has 0 saturated carbocycles.